The third-order valence-electron chi connectivity index (χ3n) is 2.65. The van der Waals surface area contributed by atoms with Crippen LogP contribution in [-0.4, -0.2) is 24.2 Å². The highest BCUT2D eigenvalue weighted by molar-refractivity contribution is 5.80. The van der Waals surface area contributed by atoms with Crippen LogP contribution in [0.4, 0.5) is 4.39 Å². The summed E-state index contributed by atoms with van der Waals surface area (Å²) in [5.74, 6) is -0.837. The zero-order chi connectivity index (χ0) is 15.6. The van der Waals surface area contributed by atoms with Crippen molar-refractivity contribution in [2.75, 3.05) is 7.11 Å². The molecule has 0 saturated carbocycles. The smallest absolute Gasteiger partial charge is 0.326 e. The van der Waals surface area contributed by atoms with Crippen LogP contribution in [0.25, 0.3) is 0 Å². The van der Waals surface area contributed by atoms with E-state index in [0.717, 1.165) is 0 Å². The lowest BCUT2D eigenvalue weighted by Gasteiger charge is -2.28. The Hall–Kier alpha value is -1.62. The summed E-state index contributed by atoms with van der Waals surface area (Å²) < 4.78 is 23.7. The Kier molecular flexibility index (Phi) is 4.76. The van der Waals surface area contributed by atoms with Crippen LogP contribution >= 0.6 is 0 Å². The standard InChI is InChI=1S/C15H22FNO3/c1-14(2,3)20-13(18)15(4,17)9-10-6-7-12(19-5)11(16)8-10/h6-8H,9,17H2,1-5H3/t15-/m0/s1. The third kappa shape index (κ3) is 4.49. The summed E-state index contributed by atoms with van der Waals surface area (Å²) in [7, 11) is 1.39. The zero-order valence-electron chi connectivity index (χ0n) is 12.6. The van der Waals surface area contributed by atoms with Crippen molar-refractivity contribution in [3.8, 4) is 5.75 Å². The van der Waals surface area contributed by atoms with Gasteiger partial charge in [0.1, 0.15) is 11.1 Å². The second kappa shape index (κ2) is 5.79. The van der Waals surface area contributed by atoms with Gasteiger partial charge >= 0.3 is 5.97 Å². The van der Waals surface area contributed by atoms with Crippen molar-refractivity contribution >= 4 is 5.97 Å². The maximum absolute atomic E-state index is 13.6. The van der Waals surface area contributed by atoms with Gasteiger partial charge < -0.3 is 15.2 Å². The summed E-state index contributed by atoms with van der Waals surface area (Å²) in [6.07, 6.45) is 0.183. The normalized spacial score (nSPS) is 14.6. The van der Waals surface area contributed by atoms with E-state index >= 15 is 0 Å². The minimum absolute atomic E-state index is 0.157. The molecule has 0 amide bonds. The van der Waals surface area contributed by atoms with Crippen molar-refractivity contribution in [2.45, 2.75) is 45.3 Å². The van der Waals surface area contributed by atoms with Crippen molar-refractivity contribution in [1.82, 2.24) is 0 Å². The monoisotopic (exact) mass is 283 g/mol. The Labute approximate surface area is 119 Å². The maximum atomic E-state index is 13.6. The Bertz CT molecular complexity index is 492. The van der Waals surface area contributed by atoms with Gasteiger partial charge in [-0.25, -0.2) is 4.39 Å². The van der Waals surface area contributed by atoms with Crippen molar-refractivity contribution in [2.24, 2.45) is 5.73 Å². The molecule has 112 valence electrons. The molecule has 0 bridgehead atoms. The van der Waals surface area contributed by atoms with Crippen LogP contribution in [0.2, 0.25) is 0 Å². The van der Waals surface area contributed by atoms with E-state index < -0.39 is 22.9 Å². The van der Waals surface area contributed by atoms with E-state index in [4.69, 9.17) is 15.2 Å². The van der Waals surface area contributed by atoms with Crippen molar-refractivity contribution in [1.29, 1.82) is 0 Å². The van der Waals surface area contributed by atoms with Gasteiger partial charge in [0.25, 0.3) is 0 Å². The minimum atomic E-state index is -1.21. The van der Waals surface area contributed by atoms with Gasteiger partial charge in [0, 0.05) is 6.42 Å². The Morgan fingerprint density at radius 1 is 1.30 bits per heavy atom. The van der Waals surface area contributed by atoms with E-state index in [1.165, 1.54) is 19.2 Å². The molecule has 0 radical (unpaired) electrons. The van der Waals surface area contributed by atoms with Crippen LogP contribution in [0.3, 0.4) is 0 Å². The number of nitrogens with two attached hydrogens (primary N) is 1. The number of methoxy groups -OCH3 is 1. The number of carbonyl (C=O) groups is 1. The number of hydrogen-bond donors (Lipinski definition) is 1. The van der Waals surface area contributed by atoms with E-state index in [1.807, 2.05) is 0 Å². The molecule has 0 aliphatic heterocycles. The van der Waals surface area contributed by atoms with Gasteiger partial charge in [0.15, 0.2) is 11.6 Å². The molecule has 0 saturated heterocycles. The molecule has 1 atom stereocenters. The van der Waals surface area contributed by atoms with Crippen LogP contribution in [0, 0.1) is 5.82 Å². The van der Waals surface area contributed by atoms with Gasteiger partial charge in [0.05, 0.1) is 7.11 Å². The van der Waals surface area contributed by atoms with Gasteiger partial charge in [-0.2, -0.15) is 0 Å². The average Bonchev–Trinajstić information content (AvgIpc) is 2.26. The molecule has 5 heteroatoms. The molecule has 0 heterocycles. The molecule has 0 aliphatic carbocycles. The molecule has 0 unspecified atom stereocenters. The highest BCUT2D eigenvalue weighted by atomic mass is 19.1. The molecule has 0 fully saturated rings. The van der Waals surface area contributed by atoms with E-state index in [2.05, 4.69) is 0 Å². The number of benzene rings is 1. The number of rotatable bonds is 4. The van der Waals surface area contributed by atoms with E-state index in [1.54, 1.807) is 33.8 Å². The number of carbonyl (C=O) groups excluding carboxylic acids is 1. The molecular formula is C15H22FNO3. The fourth-order valence-corrected chi connectivity index (χ4v) is 1.71. The van der Waals surface area contributed by atoms with Crippen LogP contribution in [0.1, 0.15) is 33.3 Å². The number of ether oxygens (including phenoxy) is 2. The highest BCUT2D eigenvalue weighted by Gasteiger charge is 2.33. The molecule has 0 aromatic heterocycles. The first-order chi connectivity index (χ1) is 9.05. The lowest BCUT2D eigenvalue weighted by molar-refractivity contribution is -0.160. The first kappa shape index (κ1) is 16.4. The second-order valence-electron chi connectivity index (χ2n) is 6.07. The summed E-state index contributed by atoms with van der Waals surface area (Å²) in [6, 6.07) is 4.50. The van der Waals surface area contributed by atoms with Crippen LogP contribution < -0.4 is 10.5 Å². The number of esters is 1. The molecule has 1 rings (SSSR count). The maximum Gasteiger partial charge on any atom is 0.326 e. The first-order valence-electron chi connectivity index (χ1n) is 6.40. The summed E-state index contributed by atoms with van der Waals surface area (Å²) >= 11 is 0. The lowest BCUT2D eigenvalue weighted by atomic mass is 9.93. The van der Waals surface area contributed by atoms with Crippen LogP contribution in [0.5, 0.6) is 5.75 Å². The Morgan fingerprint density at radius 3 is 2.35 bits per heavy atom. The molecule has 1 aromatic carbocycles. The Morgan fingerprint density at radius 2 is 1.90 bits per heavy atom. The molecule has 20 heavy (non-hydrogen) atoms. The van der Waals surface area contributed by atoms with Gasteiger partial charge in [-0.3, -0.25) is 4.79 Å². The number of hydrogen-bond acceptors (Lipinski definition) is 4. The van der Waals surface area contributed by atoms with Gasteiger partial charge in [0.2, 0.25) is 0 Å². The van der Waals surface area contributed by atoms with Crippen molar-refractivity contribution in [3.05, 3.63) is 29.6 Å². The average molecular weight is 283 g/mol. The van der Waals surface area contributed by atoms with Gasteiger partial charge in [-0.1, -0.05) is 6.07 Å². The van der Waals surface area contributed by atoms with E-state index in [0.29, 0.717) is 5.56 Å². The van der Waals surface area contributed by atoms with E-state index in [9.17, 15) is 9.18 Å². The predicted molar refractivity (Wildman–Crippen MR) is 75.1 cm³/mol. The third-order valence-corrected chi connectivity index (χ3v) is 2.65. The van der Waals surface area contributed by atoms with Crippen molar-refractivity contribution < 1.29 is 18.7 Å². The second-order valence-corrected chi connectivity index (χ2v) is 6.07. The predicted octanol–water partition coefficient (Wildman–Crippen LogP) is 2.44. The fraction of sp³-hybridized carbons (Fsp3) is 0.533. The fourth-order valence-electron chi connectivity index (χ4n) is 1.71. The van der Waals surface area contributed by atoms with Crippen molar-refractivity contribution in [3.63, 3.8) is 0 Å². The summed E-state index contributed by atoms with van der Waals surface area (Å²) in [5, 5.41) is 0. The molecule has 0 aliphatic rings. The summed E-state index contributed by atoms with van der Waals surface area (Å²) in [5.41, 5.74) is 4.78. The quantitative estimate of drug-likeness (QED) is 0.862. The minimum Gasteiger partial charge on any atom is -0.494 e. The largest absolute Gasteiger partial charge is 0.494 e. The summed E-state index contributed by atoms with van der Waals surface area (Å²) in [6.45, 7) is 6.89. The molecule has 1 aromatic rings. The number of halogens is 1. The molecule has 0 spiro atoms. The van der Waals surface area contributed by atoms with Crippen LogP contribution in [0.15, 0.2) is 18.2 Å². The van der Waals surface area contributed by atoms with E-state index in [-0.39, 0.29) is 12.2 Å². The molecule has 2 N–H and O–H groups in total. The summed E-state index contributed by atoms with van der Waals surface area (Å²) in [4.78, 5) is 12.0. The molecular weight excluding hydrogens is 261 g/mol. The highest BCUT2D eigenvalue weighted by Crippen LogP contribution is 2.22. The van der Waals surface area contributed by atoms with Crippen LogP contribution in [-0.2, 0) is 16.0 Å². The first-order valence-corrected chi connectivity index (χ1v) is 6.40. The van der Waals surface area contributed by atoms with Gasteiger partial charge in [-0.05, 0) is 45.4 Å². The zero-order valence-corrected chi connectivity index (χ0v) is 12.6. The SMILES string of the molecule is COc1ccc(C[C@](C)(N)C(=O)OC(C)(C)C)cc1F. The molecule has 4 nitrogen and oxygen atoms in total. The topological polar surface area (TPSA) is 61.5 Å². The lowest BCUT2D eigenvalue weighted by Crippen LogP contribution is -2.50. The van der Waals surface area contributed by atoms with Gasteiger partial charge in [-0.15, -0.1) is 0 Å². The Balaban J connectivity index is 2.85.